The van der Waals surface area contributed by atoms with Crippen LogP contribution in [0.4, 0.5) is 0 Å². The number of carbonyl (C=O) groups excluding carboxylic acids is 2. The molecule has 36 heavy (non-hydrogen) atoms. The number of aliphatic hydroxyl groups excluding tert-OH is 1. The van der Waals surface area contributed by atoms with Crippen LogP contribution < -0.4 is 0 Å². The summed E-state index contributed by atoms with van der Waals surface area (Å²) in [4.78, 5) is 42.1. The monoisotopic (exact) mass is 554 g/mol. The molecule has 2 N–H and O–H groups in total. The standard InChI is InChI=1S/C26H32Cl2N2O5S/c1-12-18-9-19(23(32)21(18)13(2)31)22(26(34)35)24(12)36-17-8-20(25(33)29(3)4)30(11-17)10-14-5-15(27)7-16(28)6-14/h5-7,9,12-13,17-18,20-22,24,31H,8,10-11H2,1-4H3,(H,34,35). The van der Waals surface area contributed by atoms with Gasteiger partial charge in [-0.2, -0.15) is 11.8 Å². The predicted octanol–water partition coefficient (Wildman–Crippen LogP) is 3.60. The average molecular weight is 556 g/mol. The summed E-state index contributed by atoms with van der Waals surface area (Å²) in [5.74, 6) is -3.11. The summed E-state index contributed by atoms with van der Waals surface area (Å²) in [6.07, 6.45) is 1.51. The van der Waals surface area contributed by atoms with Crippen molar-refractivity contribution in [3.8, 4) is 0 Å². The highest BCUT2D eigenvalue weighted by Gasteiger charge is 2.55. The molecule has 1 amide bonds. The van der Waals surface area contributed by atoms with E-state index in [-0.39, 0.29) is 40.1 Å². The molecule has 0 saturated carbocycles. The Bertz CT molecular complexity index is 1070. The summed E-state index contributed by atoms with van der Waals surface area (Å²) in [5, 5.41) is 21.1. The number of amides is 1. The fourth-order valence-corrected chi connectivity index (χ4v) is 8.50. The van der Waals surface area contributed by atoms with E-state index in [4.69, 9.17) is 23.2 Å². The fraction of sp³-hybridized carbons (Fsp3) is 0.577. The number of halogens is 2. The smallest absolute Gasteiger partial charge is 0.312 e. The molecule has 10 heteroatoms. The van der Waals surface area contributed by atoms with Crippen LogP contribution in [0.15, 0.2) is 29.8 Å². The number of aliphatic hydroxyl groups is 1. The van der Waals surface area contributed by atoms with Crippen molar-refractivity contribution in [3.63, 3.8) is 0 Å². The normalized spacial score (nSPS) is 32.9. The van der Waals surface area contributed by atoms with Crippen LogP contribution in [0.5, 0.6) is 0 Å². The zero-order chi connectivity index (χ0) is 26.5. The van der Waals surface area contributed by atoms with Gasteiger partial charge in [0.25, 0.3) is 0 Å². The van der Waals surface area contributed by atoms with E-state index in [1.54, 1.807) is 49.8 Å². The Morgan fingerprint density at radius 2 is 1.86 bits per heavy atom. The number of nitrogens with zero attached hydrogens (tertiary/aromatic N) is 2. The van der Waals surface area contributed by atoms with E-state index in [1.807, 2.05) is 19.1 Å². The molecule has 0 spiro atoms. The Hall–Kier alpha value is -1.58. The highest BCUT2D eigenvalue weighted by Crippen LogP contribution is 2.52. The van der Waals surface area contributed by atoms with Gasteiger partial charge in [-0.1, -0.05) is 36.2 Å². The van der Waals surface area contributed by atoms with Crippen molar-refractivity contribution in [2.24, 2.45) is 23.7 Å². The number of likely N-dealkylation sites (N-methyl/N-ethyl adjacent to an activating group) is 1. The molecule has 3 aliphatic rings. The Kier molecular flexibility index (Phi) is 8.12. The lowest BCUT2D eigenvalue weighted by Gasteiger charge is -2.36. The maximum atomic E-state index is 13.1. The van der Waals surface area contributed by atoms with Crippen LogP contribution in [0.1, 0.15) is 25.8 Å². The van der Waals surface area contributed by atoms with Gasteiger partial charge < -0.3 is 15.1 Å². The first-order chi connectivity index (χ1) is 16.9. The summed E-state index contributed by atoms with van der Waals surface area (Å²) < 4.78 is 0. The van der Waals surface area contributed by atoms with Crippen molar-refractivity contribution in [3.05, 3.63) is 45.5 Å². The van der Waals surface area contributed by atoms with Crippen LogP contribution in [0.3, 0.4) is 0 Å². The van der Waals surface area contributed by atoms with E-state index in [1.165, 1.54) is 0 Å². The van der Waals surface area contributed by atoms with Gasteiger partial charge in [0.1, 0.15) is 0 Å². The van der Waals surface area contributed by atoms with Crippen LogP contribution in [0.25, 0.3) is 0 Å². The highest BCUT2D eigenvalue weighted by atomic mass is 35.5. The maximum absolute atomic E-state index is 13.1. The highest BCUT2D eigenvalue weighted by molar-refractivity contribution is 8.00. The minimum Gasteiger partial charge on any atom is -0.481 e. The molecule has 1 aromatic rings. The van der Waals surface area contributed by atoms with E-state index >= 15 is 0 Å². The zero-order valence-electron chi connectivity index (χ0n) is 20.7. The third-order valence-corrected chi connectivity index (χ3v) is 9.88. The van der Waals surface area contributed by atoms with Crippen molar-refractivity contribution in [1.82, 2.24) is 9.80 Å². The topological polar surface area (TPSA) is 98.2 Å². The molecule has 1 heterocycles. The van der Waals surface area contributed by atoms with Crippen molar-refractivity contribution in [2.45, 2.75) is 49.5 Å². The number of aliphatic carboxylic acids is 1. The molecule has 8 unspecified atom stereocenters. The molecular formula is C26H32Cl2N2O5S. The van der Waals surface area contributed by atoms with Gasteiger partial charge in [0.05, 0.1) is 24.0 Å². The molecule has 0 aromatic heterocycles. The summed E-state index contributed by atoms with van der Waals surface area (Å²) in [6.45, 7) is 4.64. The van der Waals surface area contributed by atoms with Gasteiger partial charge in [-0.05, 0) is 48.9 Å². The van der Waals surface area contributed by atoms with E-state index in [0.29, 0.717) is 35.1 Å². The number of likely N-dealkylation sites (tertiary alicyclic amines) is 1. The molecule has 2 bridgehead atoms. The minimum absolute atomic E-state index is 0.000980. The number of thioether (sulfide) groups is 1. The number of benzene rings is 1. The van der Waals surface area contributed by atoms with Gasteiger partial charge in [0.15, 0.2) is 5.78 Å². The number of carboxylic acid groups (broad SMARTS) is 1. The maximum Gasteiger partial charge on any atom is 0.312 e. The number of Topliss-reactive ketones (excluding diaryl/α,β-unsaturated/α-hetero) is 1. The summed E-state index contributed by atoms with van der Waals surface area (Å²) in [5.41, 5.74) is 1.22. The van der Waals surface area contributed by atoms with Crippen LogP contribution in [-0.4, -0.2) is 81.0 Å². The first-order valence-electron chi connectivity index (χ1n) is 12.1. The molecule has 196 valence electrons. The van der Waals surface area contributed by atoms with Gasteiger partial charge >= 0.3 is 5.97 Å². The van der Waals surface area contributed by atoms with Gasteiger partial charge in [0, 0.05) is 53.3 Å². The number of carbonyl (C=O) groups is 3. The summed E-state index contributed by atoms with van der Waals surface area (Å²) in [7, 11) is 3.46. The van der Waals surface area contributed by atoms with Gasteiger partial charge in [-0.15, -0.1) is 0 Å². The number of carboxylic acids is 1. The second kappa shape index (κ2) is 10.7. The molecule has 1 fully saturated rings. The number of allylic oxidation sites excluding steroid dienone is 1. The zero-order valence-corrected chi connectivity index (χ0v) is 23.1. The fourth-order valence-electron chi connectivity index (χ4n) is 6.06. The molecule has 4 rings (SSSR count). The second-order valence-electron chi connectivity index (χ2n) is 10.4. The first kappa shape index (κ1) is 27.5. The second-order valence-corrected chi connectivity index (χ2v) is 12.8. The van der Waals surface area contributed by atoms with Crippen molar-refractivity contribution in [1.29, 1.82) is 0 Å². The van der Waals surface area contributed by atoms with E-state index < -0.39 is 23.9 Å². The number of hydrogen-bond acceptors (Lipinski definition) is 6. The Morgan fingerprint density at radius 3 is 2.42 bits per heavy atom. The molecular weight excluding hydrogens is 523 g/mol. The molecule has 0 radical (unpaired) electrons. The largest absolute Gasteiger partial charge is 0.481 e. The molecule has 1 aromatic carbocycles. The number of hydrogen-bond donors (Lipinski definition) is 2. The van der Waals surface area contributed by atoms with Gasteiger partial charge in [-0.3, -0.25) is 19.3 Å². The lowest BCUT2D eigenvalue weighted by Crippen LogP contribution is -2.42. The molecule has 8 atom stereocenters. The molecule has 2 aliphatic carbocycles. The summed E-state index contributed by atoms with van der Waals surface area (Å²) >= 11 is 14.0. The van der Waals surface area contributed by atoms with Crippen LogP contribution in [-0.2, 0) is 20.9 Å². The van der Waals surface area contributed by atoms with Crippen LogP contribution in [0.2, 0.25) is 10.0 Å². The number of fused-ring (bicyclic) bond motifs is 1. The van der Waals surface area contributed by atoms with E-state index in [0.717, 1.165) is 5.56 Å². The van der Waals surface area contributed by atoms with E-state index in [2.05, 4.69) is 4.90 Å². The third-order valence-electron chi connectivity index (χ3n) is 7.70. The molecule has 7 nitrogen and oxygen atoms in total. The molecule has 1 aliphatic heterocycles. The molecule has 1 saturated heterocycles. The number of rotatable bonds is 7. The van der Waals surface area contributed by atoms with Crippen molar-refractivity contribution < 1.29 is 24.6 Å². The first-order valence-corrected chi connectivity index (χ1v) is 13.8. The third kappa shape index (κ3) is 5.20. The Morgan fingerprint density at radius 1 is 1.22 bits per heavy atom. The predicted molar refractivity (Wildman–Crippen MR) is 141 cm³/mol. The average Bonchev–Trinajstić information content (AvgIpc) is 3.29. The van der Waals surface area contributed by atoms with Gasteiger partial charge in [0.2, 0.25) is 5.91 Å². The van der Waals surface area contributed by atoms with Crippen LogP contribution >= 0.6 is 35.0 Å². The van der Waals surface area contributed by atoms with Crippen molar-refractivity contribution >= 4 is 52.6 Å². The minimum atomic E-state index is -1.02. The lowest BCUT2D eigenvalue weighted by molar-refractivity contribution is -0.141. The quantitative estimate of drug-likeness (QED) is 0.531. The Balaban J connectivity index is 1.58. The van der Waals surface area contributed by atoms with E-state index in [9.17, 15) is 24.6 Å². The summed E-state index contributed by atoms with van der Waals surface area (Å²) in [6, 6.07) is 4.97. The van der Waals surface area contributed by atoms with Gasteiger partial charge in [-0.25, -0.2) is 0 Å². The SMILES string of the molecule is CC(O)C1C(=O)C2=CC1C(C)C(SC1CC(C(=O)N(C)C)N(Cc3cc(Cl)cc(Cl)c3)C1)C2C(=O)O. The van der Waals surface area contributed by atoms with Crippen LogP contribution in [0, 0.1) is 23.7 Å². The number of ketones is 1. The van der Waals surface area contributed by atoms with Crippen molar-refractivity contribution in [2.75, 3.05) is 20.6 Å². The Labute approximate surface area is 225 Å². The lowest BCUT2D eigenvalue weighted by atomic mass is 9.77.